The molecule has 1 N–H and O–H groups in total. The summed E-state index contributed by atoms with van der Waals surface area (Å²) in [5.41, 5.74) is 1.06. The van der Waals surface area contributed by atoms with Gasteiger partial charge in [-0.25, -0.2) is 0 Å². The van der Waals surface area contributed by atoms with Crippen LogP contribution in [0.25, 0.3) is 0 Å². The summed E-state index contributed by atoms with van der Waals surface area (Å²) in [4.78, 5) is 25.2. The predicted molar refractivity (Wildman–Crippen MR) is 68.7 cm³/mol. The van der Waals surface area contributed by atoms with E-state index >= 15 is 0 Å². The quantitative estimate of drug-likeness (QED) is 0.830. The second-order valence-electron chi connectivity index (χ2n) is 4.22. The fourth-order valence-corrected chi connectivity index (χ4v) is 2.92. The van der Waals surface area contributed by atoms with E-state index in [4.69, 9.17) is 0 Å². The van der Waals surface area contributed by atoms with Gasteiger partial charge in [-0.2, -0.15) is 0 Å². The van der Waals surface area contributed by atoms with Crippen LogP contribution in [0.4, 0.5) is 5.69 Å². The van der Waals surface area contributed by atoms with E-state index in [0.717, 1.165) is 42.8 Å². The van der Waals surface area contributed by atoms with Crippen LogP contribution in [0.2, 0.25) is 0 Å². The molecule has 2 rings (SSSR count). The van der Waals surface area contributed by atoms with Gasteiger partial charge in [-0.3, -0.25) is 9.59 Å². The van der Waals surface area contributed by atoms with E-state index in [9.17, 15) is 9.59 Å². The van der Waals surface area contributed by atoms with Gasteiger partial charge in [0.15, 0.2) is 6.29 Å². The first-order valence-corrected chi connectivity index (χ1v) is 6.63. The van der Waals surface area contributed by atoms with Crippen LogP contribution in [0.5, 0.6) is 0 Å². The van der Waals surface area contributed by atoms with Crippen molar-refractivity contribution in [1.29, 1.82) is 0 Å². The van der Waals surface area contributed by atoms with Crippen molar-refractivity contribution in [2.45, 2.75) is 12.8 Å². The van der Waals surface area contributed by atoms with Crippen molar-refractivity contribution < 1.29 is 9.59 Å². The zero-order valence-electron chi connectivity index (χ0n) is 9.81. The minimum Gasteiger partial charge on any atom is -0.370 e. The highest BCUT2D eigenvalue weighted by atomic mass is 32.1. The van der Waals surface area contributed by atoms with Crippen LogP contribution in [0.1, 0.15) is 22.5 Å². The number of rotatable bonds is 3. The van der Waals surface area contributed by atoms with Gasteiger partial charge in [-0.1, -0.05) is 0 Å². The molecular weight excluding hydrogens is 236 g/mol. The maximum absolute atomic E-state index is 11.6. The standard InChI is InChI=1S/C12H16N2O2S/c1-13-12(16)9-3-2-4-14(6-9)10-5-11(7-15)17-8-10/h5,7-9H,2-4,6H2,1H3,(H,13,16). The topological polar surface area (TPSA) is 49.4 Å². The number of carbonyl (C=O) groups is 2. The number of hydrogen-bond acceptors (Lipinski definition) is 4. The summed E-state index contributed by atoms with van der Waals surface area (Å²) in [6.07, 6.45) is 2.83. The first-order chi connectivity index (χ1) is 8.24. The summed E-state index contributed by atoms with van der Waals surface area (Å²) in [5, 5.41) is 4.69. The Hall–Kier alpha value is -1.36. The van der Waals surface area contributed by atoms with Crippen molar-refractivity contribution in [1.82, 2.24) is 5.32 Å². The van der Waals surface area contributed by atoms with E-state index in [1.54, 1.807) is 7.05 Å². The Labute approximate surface area is 105 Å². The highest BCUT2D eigenvalue weighted by Gasteiger charge is 2.25. The Bertz CT molecular complexity index is 416. The number of aldehydes is 1. The molecule has 5 heteroatoms. The summed E-state index contributed by atoms with van der Waals surface area (Å²) in [5.74, 6) is 0.175. The molecule has 0 saturated carbocycles. The minimum absolute atomic E-state index is 0.0633. The number of carbonyl (C=O) groups excluding carboxylic acids is 2. The van der Waals surface area contributed by atoms with Crippen LogP contribution in [0.3, 0.4) is 0 Å². The molecule has 1 amide bonds. The molecule has 4 nitrogen and oxygen atoms in total. The van der Waals surface area contributed by atoms with Crippen molar-refractivity contribution in [3.05, 3.63) is 16.3 Å². The highest BCUT2D eigenvalue weighted by molar-refractivity contribution is 7.12. The van der Waals surface area contributed by atoms with E-state index in [-0.39, 0.29) is 11.8 Å². The van der Waals surface area contributed by atoms with Gasteiger partial charge < -0.3 is 10.2 Å². The lowest BCUT2D eigenvalue weighted by atomic mass is 9.97. The van der Waals surface area contributed by atoms with Gasteiger partial charge in [0, 0.05) is 31.2 Å². The van der Waals surface area contributed by atoms with Crippen molar-refractivity contribution in [2.24, 2.45) is 5.92 Å². The second kappa shape index (κ2) is 5.31. The van der Waals surface area contributed by atoms with Crippen molar-refractivity contribution >= 4 is 29.2 Å². The fourth-order valence-electron chi connectivity index (χ4n) is 2.20. The largest absolute Gasteiger partial charge is 0.370 e. The Morgan fingerprint density at radius 1 is 1.65 bits per heavy atom. The summed E-state index contributed by atoms with van der Waals surface area (Å²) < 4.78 is 0. The molecule has 1 aliphatic heterocycles. The van der Waals surface area contributed by atoms with Crippen LogP contribution in [-0.2, 0) is 4.79 Å². The molecular formula is C12H16N2O2S. The number of nitrogens with zero attached hydrogens (tertiary/aromatic N) is 1. The first-order valence-electron chi connectivity index (χ1n) is 5.75. The molecule has 0 radical (unpaired) electrons. The molecule has 0 spiro atoms. The number of anilines is 1. The smallest absolute Gasteiger partial charge is 0.224 e. The molecule has 1 aliphatic rings. The first kappa shape index (κ1) is 12.1. The zero-order valence-corrected chi connectivity index (χ0v) is 10.6. The Morgan fingerprint density at radius 3 is 3.12 bits per heavy atom. The van der Waals surface area contributed by atoms with Crippen LogP contribution in [-0.4, -0.2) is 32.3 Å². The van der Waals surface area contributed by atoms with Crippen LogP contribution in [0.15, 0.2) is 11.4 Å². The summed E-state index contributed by atoms with van der Waals surface area (Å²) in [7, 11) is 1.68. The lowest BCUT2D eigenvalue weighted by Gasteiger charge is -2.32. The molecule has 2 heterocycles. The third-order valence-electron chi connectivity index (χ3n) is 3.13. The highest BCUT2D eigenvalue weighted by Crippen LogP contribution is 2.27. The molecule has 92 valence electrons. The van der Waals surface area contributed by atoms with Gasteiger partial charge in [0.2, 0.25) is 5.91 Å². The van der Waals surface area contributed by atoms with Gasteiger partial charge in [-0.15, -0.1) is 11.3 Å². The van der Waals surface area contributed by atoms with Gasteiger partial charge in [0.25, 0.3) is 0 Å². The molecule has 1 unspecified atom stereocenters. The number of nitrogens with one attached hydrogen (secondary N) is 1. The Balaban J connectivity index is 2.06. The molecule has 1 atom stereocenters. The minimum atomic E-state index is 0.0633. The van der Waals surface area contributed by atoms with Crippen molar-refractivity contribution in [3.63, 3.8) is 0 Å². The van der Waals surface area contributed by atoms with E-state index < -0.39 is 0 Å². The Kier molecular flexibility index (Phi) is 3.78. The molecule has 0 aliphatic carbocycles. The molecule has 17 heavy (non-hydrogen) atoms. The molecule has 1 aromatic rings. The maximum Gasteiger partial charge on any atom is 0.224 e. The van der Waals surface area contributed by atoms with Crippen LogP contribution >= 0.6 is 11.3 Å². The number of piperidine rings is 1. The summed E-state index contributed by atoms with van der Waals surface area (Å²) >= 11 is 1.45. The van der Waals surface area contributed by atoms with Gasteiger partial charge in [0.1, 0.15) is 0 Å². The average molecular weight is 252 g/mol. The molecule has 1 saturated heterocycles. The van der Waals surface area contributed by atoms with Crippen LogP contribution < -0.4 is 10.2 Å². The third kappa shape index (κ3) is 2.66. The normalized spacial score (nSPS) is 20.1. The Morgan fingerprint density at radius 2 is 2.47 bits per heavy atom. The predicted octanol–water partition coefficient (Wildman–Crippen LogP) is 1.52. The zero-order chi connectivity index (χ0) is 12.3. The third-order valence-corrected chi connectivity index (χ3v) is 3.97. The van der Waals surface area contributed by atoms with E-state index in [1.165, 1.54) is 11.3 Å². The lowest BCUT2D eigenvalue weighted by molar-refractivity contribution is -0.124. The average Bonchev–Trinajstić information content (AvgIpc) is 2.86. The van der Waals surface area contributed by atoms with E-state index in [0.29, 0.717) is 0 Å². The van der Waals surface area contributed by atoms with Gasteiger partial charge in [0.05, 0.1) is 10.8 Å². The van der Waals surface area contributed by atoms with Gasteiger partial charge >= 0.3 is 0 Å². The van der Waals surface area contributed by atoms with E-state index in [2.05, 4.69) is 10.2 Å². The molecule has 1 aromatic heterocycles. The van der Waals surface area contributed by atoms with E-state index in [1.807, 2.05) is 11.4 Å². The lowest BCUT2D eigenvalue weighted by Crippen LogP contribution is -2.42. The fraction of sp³-hybridized carbons (Fsp3) is 0.500. The number of thiophene rings is 1. The summed E-state index contributed by atoms with van der Waals surface area (Å²) in [6, 6.07) is 1.89. The maximum atomic E-state index is 11.6. The SMILES string of the molecule is CNC(=O)C1CCCN(c2csc(C=O)c2)C1. The van der Waals surface area contributed by atoms with Crippen LogP contribution in [0, 0.1) is 5.92 Å². The summed E-state index contributed by atoms with van der Waals surface area (Å²) in [6.45, 7) is 1.71. The number of hydrogen-bond donors (Lipinski definition) is 1. The molecule has 0 aromatic carbocycles. The number of amides is 1. The monoisotopic (exact) mass is 252 g/mol. The van der Waals surface area contributed by atoms with Crippen molar-refractivity contribution in [3.8, 4) is 0 Å². The molecule has 1 fully saturated rings. The van der Waals surface area contributed by atoms with Gasteiger partial charge in [-0.05, 0) is 18.9 Å². The van der Waals surface area contributed by atoms with Crippen molar-refractivity contribution in [2.75, 3.05) is 25.0 Å². The molecule has 0 bridgehead atoms. The second-order valence-corrected chi connectivity index (χ2v) is 5.17.